The average molecular weight is 215 g/mol. The van der Waals surface area contributed by atoms with E-state index in [2.05, 4.69) is 0 Å². The molecule has 0 aromatic heterocycles. The van der Waals surface area contributed by atoms with Crippen LogP contribution in [0.25, 0.3) is 0 Å². The van der Waals surface area contributed by atoms with Crippen molar-refractivity contribution in [3.8, 4) is 0 Å². The summed E-state index contributed by atoms with van der Waals surface area (Å²) in [4.78, 5) is 21.5. The zero-order valence-corrected chi connectivity index (χ0v) is 8.62. The Hall–Kier alpha value is -1.14. The molecule has 0 aliphatic heterocycles. The van der Waals surface area contributed by atoms with Gasteiger partial charge in [-0.1, -0.05) is 12.8 Å². The lowest BCUT2D eigenvalue weighted by atomic mass is 10.0. The first-order chi connectivity index (χ1) is 7.08. The van der Waals surface area contributed by atoms with Crippen LogP contribution in [0.2, 0.25) is 0 Å². The third-order valence-electron chi connectivity index (χ3n) is 2.66. The van der Waals surface area contributed by atoms with E-state index in [-0.39, 0.29) is 12.2 Å². The topological polar surface area (TPSA) is 107 Å². The highest BCUT2D eigenvalue weighted by atomic mass is 16.5. The first-order valence-electron chi connectivity index (χ1n) is 5.01. The van der Waals surface area contributed by atoms with E-state index in [9.17, 15) is 9.59 Å². The summed E-state index contributed by atoms with van der Waals surface area (Å²) >= 11 is 0. The molecule has 1 rings (SSSR count). The van der Waals surface area contributed by atoms with Crippen LogP contribution in [-0.2, 0) is 9.53 Å². The summed E-state index contributed by atoms with van der Waals surface area (Å²) in [5, 5.41) is 1.94. The van der Waals surface area contributed by atoms with Gasteiger partial charge in [0.1, 0.15) is 6.61 Å². The minimum atomic E-state index is -0.864. The fraction of sp³-hybridized carbons (Fsp3) is 0.778. The third kappa shape index (κ3) is 3.49. The second-order valence-corrected chi connectivity index (χ2v) is 3.80. The number of nitrogens with two attached hydrogens (primary N) is 2. The van der Waals surface area contributed by atoms with E-state index in [0.29, 0.717) is 6.54 Å². The number of amides is 3. The molecule has 15 heavy (non-hydrogen) atoms. The Morgan fingerprint density at radius 2 is 1.93 bits per heavy atom. The van der Waals surface area contributed by atoms with Crippen molar-refractivity contribution in [1.29, 1.82) is 0 Å². The van der Waals surface area contributed by atoms with Crippen molar-refractivity contribution in [3.63, 3.8) is 0 Å². The molecule has 0 aromatic carbocycles. The van der Waals surface area contributed by atoms with Crippen molar-refractivity contribution in [3.05, 3.63) is 0 Å². The summed E-state index contributed by atoms with van der Waals surface area (Å²) in [6, 6.07) is -0.864. The normalized spacial score (nSPS) is 18.7. The Morgan fingerprint density at radius 3 is 2.40 bits per heavy atom. The van der Waals surface area contributed by atoms with Gasteiger partial charge in [0.2, 0.25) is 0 Å². The number of ether oxygens (including phenoxy) is 1. The Bertz CT molecular complexity index is 249. The second-order valence-electron chi connectivity index (χ2n) is 3.80. The fourth-order valence-corrected chi connectivity index (χ4v) is 1.82. The molecule has 0 saturated heterocycles. The standard InChI is InChI=1S/C9H17N3O3/c10-6-9(3-1-2-4-9)15-5-7(13)12-8(11)14/h1-6,10H2,(H3,11,12,13,14). The predicted octanol–water partition coefficient (Wildman–Crippen LogP) is -0.531. The molecule has 0 atom stereocenters. The molecule has 1 fully saturated rings. The Balaban J connectivity index is 2.34. The largest absolute Gasteiger partial charge is 0.364 e. The van der Waals surface area contributed by atoms with Crippen molar-refractivity contribution in [2.24, 2.45) is 11.5 Å². The minimum absolute atomic E-state index is 0.167. The number of nitrogens with one attached hydrogen (secondary N) is 1. The smallest absolute Gasteiger partial charge is 0.318 e. The maximum absolute atomic E-state index is 11.1. The summed E-state index contributed by atoms with van der Waals surface area (Å²) < 4.78 is 5.46. The fourth-order valence-electron chi connectivity index (χ4n) is 1.82. The van der Waals surface area contributed by atoms with Gasteiger partial charge >= 0.3 is 6.03 Å². The van der Waals surface area contributed by atoms with Gasteiger partial charge in [-0.15, -0.1) is 0 Å². The first kappa shape index (κ1) is 11.9. The molecule has 3 amide bonds. The van der Waals surface area contributed by atoms with Crippen molar-refractivity contribution in [2.45, 2.75) is 31.3 Å². The lowest BCUT2D eigenvalue weighted by Gasteiger charge is -2.27. The summed E-state index contributed by atoms with van der Waals surface area (Å²) in [5.74, 6) is -0.526. The van der Waals surface area contributed by atoms with Crippen molar-refractivity contribution < 1.29 is 14.3 Å². The molecule has 6 heteroatoms. The average Bonchev–Trinajstić information content (AvgIpc) is 2.63. The summed E-state index contributed by atoms with van der Waals surface area (Å²) in [7, 11) is 0. The molecule has 0 spiro atoms. The maximum atomic E-state index is 11.1. The van der Waals surface area contributed by atoms with Crippen molar-refractivity contribution in [1.82, 2.24) is 5.32 Å². The molecule has 1 saturated carbocycles. The highest BCUT2D eigenvalue weighted by Gasteiger charge is 2.33. The zero-order chi connectivity index (χ0) is 11.3. The van der Waals surface area contributed by atoms with Gasteiger partial charge in [0.05, 0.1) is 5.60 Å². The lowest BCUT2D eigenvalue weighted by Crippen LogP contribution is -2.43. The van der Waals surface area contributed by atoms with Crippen LogP contribution >= 0.6 is 0 Å². The summed E-state index contributed by atoms with van der Waals surface area (Å²) in [5.41, 5.74) is 10.0. The van der Waals surface area contributed by atoms with Crippen LogP contribution < -0.4 is 16.8 Å². The molecular formula is C9H17N3O3. The number of urea groups is 1. The zero-order valence-electron chi connectivity index (χ0n) is 8.62. The molecule has 0 bridgehead atoms. The molecule has 1 aliphatic rings. The summed E-state index contributed by atoms with van der Waals surface area (Å²) in [6.45, 7) is 0.233. The Kier molecular flexibility index (Phi) is 4.05. The highest BCUT2D eigenvalue weighted by molar-refractivity contribution is 5.94. The van der Waals surface area contributed by atoms with Crippen LogP contribution in [0.3, 0.4) is 0 Å². The number of carbonyl (C=O) groups excluding carboxylic acids is 2. The predicted molar refractivity (Wildman–Crippen MR) is 53.9 cm³/mol. The molecule has 0 heterocycles. The van der Waals surface area contributed by atoms with Crippen LogP contribution in [0.15, 0.2) is 0 Å². The van der Waals surface area contributed by atoms with Gasteiger partial charge in [-0.25, -0.2) is 4.79 Å². The van der Waals surface area contributed by atoms with Gasteiger partial charge in [-0.05, 0) is 12.8 Å². The summed E-state index contributed by atoms with van der Waals surface area (Å²) in [6.07, 6.45) is 3.87. The van der Waals surface area contributed by atoms with Crippen LogP contribution in [0.1, 0.15) is 25.7 Å². The molecule has 6 nitrogen and oxygen atoms in total. The molecule has 5 N–H and O–H groups in total. The van der Waals surface area contributed by atoms with E-state index >= 15 is 0 Å². The number of hydrogen-bond acceptors (Lipinski definition) is 4. The minimum Gasteiger partial charge on any atom is -0.364 e. The van der Waals surface area contributed by atoms with Gasteiger partial charge in [0, 0.05) is 6.54 Å². The van der Waals surface area contributed by atoms with E-state index in [1.165, 1.54) is 0 Å². The van der Waals surface area contributed by atoms with Crippen molar-refractivity contribution in [2.75, 3.05) is 13.2 Å². The maximum Gasteiger partial charge on any atom is 0.318 e. The van der Waals surface area contributed by atoms with E-state index in [1.54, 1.807) is 0 Å². The van der Waals surface area contributed by atoms with Crippen LogP contribution in [0, 0.1) is 0 Å². The van der Waals surface area contributed by atoms with Crippen LogP contribution in [0.4, 0.5) is 4.79 Å². The third-order valence-corrected chi connectivity index (χ3v) is 2.66. The molecule has 0 radical (unpaired) electrons. The first-order valence-corrected chi connectivity index (χ1v) is 5.01. The van der Waals surface area contributed by atoms with E-state index in [1.807, 2.05) is 5.32 Å². The van der Waals surface area contributed by atoms with Gasteiger partial charge in [0.25, 0.3) is 5.91 Å². The number of primary amides is 1. The monoisotopic (exact) mass is 215 g/mol. The molecule has 1 aliphatic carbocycles. The van der Waals surface area contributed by atoms with Crippen LogP contribution in [-0.4, -0.2) is 30.7 Å². The van der Waals surface area contributed by atoms with Crippen molar-refractivity contribution >= 4 is 11.9 Å². The van der Waals surface area contributed by atoms with Gasteiger partial charge < -0.3 is 16.2 Å². The Labute approximate surface area is 88.3 Å². The van der Waals surface area contributed by atoms with E-state index in [0.717, 1.165) is 25.7 Å². The molecular weight excluding hydrogens is 198 g/mol. The number of imide groups is 1. The number of carbonyl (C=O) groups is 2. The molecule has 0 unspecified atom stereocenters. The van der Waals surface area contributed by atoms with E-state index in [4.69, 9.17) is 16.2 Å². The molecule has 0 aromatic rings. The van der Waals surface area contributed by atoms with E-state index < -0.39 is 11.9 Å². The van der Waals surface area contributed by atoms with Gasteiger partial charge in [-0.2, -0.15) is 0 Å². The highest BCUT2D eigenvalue weighted by Crippen LogP contribution is 2.31. The quantitative estimate of drug-likeness (QED) is 0.585. The Morgan fingerprint density at radius 1 is 1.33 bits per heavy atom. The van der Waals surface area contributed by atoms with Gasteiger partial charge in [-0.3, -0.25) is 10.1 Å². The lowest BCUT2D eigenvalue weighted by molar-refractivity contribution is -0.131. The molecule has 86 valence electrons. The van der Waals surface area contributed by atoms with Gasteiger partial charge in [0.15, 0.2) is 0 Å². The van der Waals surface area contributed by atoms with Crippen LogP contribution in [0.5, 0.6) is 0 Å². The SMILES string of the molecule is NCC1(OCC(=O)NC(N)=O)CCCC1. The number of rotatable bonds is 4. The number of hydrogen-bond donors (Lipinski definition) is 3. The second kappa shape index (κ2) is 5.09.